The lowest BCUT2D eigenvalue weighted by Crippen LogP contribution is -2.00. The van der Waals surface area contributed by atoms with E-state index in [-0.39, 0.29) is 0 Å². The molecule has 14 aromatic carbocycles. The Balaban J connectivity index is 0.599. The van der Waals surface area contributed by atoms with Gasteiger partial charge in [-0.05, 0) is 132 Å². The summed E-state index contributed by atoms with van der Waals surface area (Å²) >= 11 is 3.51. The van der Waals surface area contributed by atoms with Gasteiger partial charge in [-0.25, -0.2) is 29.9 Å². The van der Waals surface area contributed by atoms with Crippen LogP contribution in [0.1, 0.15) is 0 Å². The second-order valence-corrected chi connectivity index (χ2v) is 28.2. The zero-order valence-corrected chi connectivity index (χ0v) is 55.7. The number of hydrogen-bond acceptors (Lipinski definition) is 10. The minimum absolute atomic E-state index is 0.569. The van der Waals surface area contributed by atoms with Crippen molar-refractivity contribution in [1.29, 1.82) is 0 Å². The summed E-state index contributed by atoms with van der Waals surface area (Å²) in [7, 11) is 0. The molecule has 0 fully saturated rings. The van der Waals surface area contributed by atoms with E-state index in [1.54, 1.807) is 22.7 Å². The molecule has 0 N–H and O–H groups in total. The first-order chi connectivity index (χ1) is 50.5. The normalized spacial score (nSPS) is 12.1. The summed E-state index contributed by atoms with van der Waals surface area (Å²) in [5.74, 6) is 3.49. The molecule has 0 aliphatic rings. The number of para-hydroxylation sites is 4. The Hall–Kier alpha value is -13.3. The highest BCUT2D eigenvalue weighted by Crippen LogP contribution is 2.47. The molecule has 8 aromatic heterocycles. The third kappa shape index (κ3) is 8.83. The van der Waals surface area contributed by atoms with E-state index in [4.69, 9.17) is 38.7 Å². The lowest BCUT2D eigenvalue weighted by atomic mass is 10.0. The summed E-state index contributed by atoms with van der Waals surface area (Å²) in [6.45, 7) is 0. The summed E-state index contributed by atoms with van der Waals surface area (Å²) in [6.07, 6.45) is 0. The number of fused-ring (bicyclic) bond motifs is 20. The number of nitrogens with zero attached hydrogens (tertiary/aromatic N) is 8. The minimum Gasteiger partial charge on any atom is -0.455 e. The molecule has 22 aromatic rings. The molecule has 0 bridgehead atoms. The fraction of sp³-hybridized carbons (Fsp3) is 0. The van der Waals surface area contributed by atoms with Crippen molar-refractivity contribution in [3.05, 3.63) is 303 Å². The molecule has 10 nitrogen and oxygen atoms in total. The van der Waals surface area contributed by atoms with Crippen LogP contribution >= 0.6 is 22.7 Å². The molecule has 22 rings (SSSR count). The zero-order valence-electron chi connectivity index (χ0n) is 54.1. The van der Waals surface area contributed by atoms with Crippen molar-refractivity contribution in [2.45, 2.75) is 0 Å². The Labute approximate surface area is 588 Å². The van der Waals surface area contributed by atoms with E-state index in [0.717, 1.165) is 140 Å². The maximum Gasteiger partial charge on any atom is 0.164 e. The topological polar surface area (TPSA) is 113 Å². The second kappa shape index (κ2) is 22.1. The summed E-state index contributed by atoms with van der Waals surface area (Å²) in [5, 5.41) is 13.6. The van der Waals surface area contributed by atoms with Crippen LogP contribution in [0.25, 0.3) is 219 Å². The van der Waals surface area contributed by atoms with Gasteiger partial charge in [0.1, 0.15) is 16.7 Å². The summed E-state index contributed by atoms with van der Waals surface area (Å²) < 4.78 is 23.0. The van der Waals surface area contributed by atoms with Crippen molar-refractivity contribution in [3.8, 4) is 90.8 Å². The molecule has 0 spiro atoms. The summed E-state index contributed by atoms with van der Waals surface area (Å²) in [4.78, 5) is 31.3. The molecule has 102 heavy (non-hydrogen) atoms. The first-order valence-corrected chi connectivity index (χ1v) is 35.6. The first-order valence-electron chi connectivity index (χ1n) is 34.0. The average Bonchev–Trinajstić information content (AvgIpc) is 1.57. The lowest BCUT2D eigenvalue weighted by Gasteiger charge is -2.11. The fourth-order valence-corrected chi connectivity index (χ4v) is 17.7. The molecule has 0 aliphatic carbocycles. The Morgan fingerprint density at radius 3 is 1.15 bits per heavy atom. The number of benzene rings is 14. The van der Waals surface area contributed by atoms with Gasteiger partial charge in [0.05, 0.1) is 26.8 Å². The standard InChI is InChI=1S/C90H50N8O2S2/c1-3-16-52(17-4-1)85-91-87(95-89(93-85)57-34-43-78-70(47-57)67-39-38-66-69-50-60(37-42-77(69)100-83(66)84(67)102-78)98-74-28-13-9-24-63(74)64-25-10-14-29-75(64)98)54-32-30-51(31-33-54)55-20-15-21-56(46-55)88-92-86(53-18-5-2-6-19-53)94-90(96-88)58-35-44-79-71(48-58)81-80(101-79)45-40-65-68-49-59(36-41-76(68)99-82(65)81)97-72-26-11-7-22-61(72)62-23-8-12-27-73(62)97/h1-50H. The highest BCUT2D eigenvalue weighted by Gasteiger charge is 2.23. The highest BCUT2D eigenvalue weighted by atomic mass is 32.1. The van der Waals surface area contributed by atoms with Crippen LogP contribution in [0.3, 0.4) is 0 Å². The Bertz CT molecular complexity index is 7160. The molecule has 0 amide bonds. The van der Waals surface area contributed by atoms with Crippen LogP contribution in [0.2, 0.25) is 0 Å². The van der Waals surface area contributed by atoms with Crippen LogP contribution in [-0.2, 0) is 0 Å². The van der Waals surface area contributed by atoms with Gasteiger partial charge in [0.25, 0.3) is 0 Å². The molecule has 0 radical (unpaired) electrons. The summed E-state index contributed by atoms with van der Waals surface area (Å²) in [5.41, 5.74) is 17.6. The Morgan fingerprint density at radius 1 is 0.225 bits per heavy atom. The Morgan fingerprint density at radius 2 is 0.608 bits per heavy atom. The van der Waals surface area contributed by atoms with Gasteiger partial charge >= 0.3 is 0 Å². The average molecular weight is 1340 g/mol. The van der Waals surface area contributed by atoms with E-state index >= 15 is 0 Å². The van der Waals surface area contributed by atoms with Crippen LogP contribution in [0.4, 0.5) is 0 Å². The number of aromatic nitrogens is 8. The zero-order chi connectivity index (χ0) is 66.7. The van der Waals surface area contributed by atoms with E-state index in [1.165, 1.54) is 43.6 Å². The van der Waals surface area contributed by atoms with Crippen molar-refractivity contribution in [2.24, 2.45) is 0 Å². The van der Waals surface area contributed by atoms with Crippen molar-refractivity contribution in [2.75, 3.05) is 0 Å². The number of hydrogen-bond donors (Lipinski definition) is 0. The van der Waals surface area contributed by atoms with Gasteiger partial charge in [-0.3, -0.25) is 0 Å². The van der Waals surface area contributed by atoms with Gasteiger partial charge < -0.3 is 18.0 Å². The number of furan rings is 2. The molecule has 12 heteroatoms. The smallest absolute Gasteiger partial charge is 0.164 e. The third-order valence-electron chi connectivity index (χ3n) is 20.2. The van der Waals surface area contributed by atoms with Crippen LogP contribution in [0, 0.1) is 0 Å². The van der Waals surface area contributed by atoms with E-state index < -0.39 is 0 Å². The maximum absolute atomic E-state index is 6.90. The molecular formula is C90H50N8O2S2. The van der Waals surface area contributed by atoms with E-state index in [0.29, 0.717) is 34.9 Å². The monoisotopic (exact) mass is 1340 g/mol. The summed E-state index contributed by atoms with van der Waals surface area (Å²) in [6, 6.07) is 107. The molecular weight excluding hydrogens is 1290 g/mol. The fourth-order valence-electron chi connectivity index (χ4n) is 15.4. The van der Waals surface area contributed by atoms with Crippen LogP contribution in [0.15, 0.2) is 312 Å². The van der Waals surface area contributed by atoms with Gasteiger partial charge in [0, 0.05) is 123 Å². The quantitative estimate of drug-likeness (QED) is 0.140. The molecule has 8 heterocycles. The molecule has 0 saturated carbocycles. The second-order valence-electron chi connectivity index (χ2n) is 26.1. The van der Waals surface area contributed by atoms with Crippen molar-refractivity contribution in [1.82, 2.24) is 39.0 Å². The largest absolute Gasteiger partial charge is 0.455 e. The molecule has 0 aliphatic heterocycles. The number of thiophene rings is 2. The van der Waals surface area contributed by atoms with Crippen molar-refractivity contribution in [3.63, 3.8) is 0 Å². The molecule has 0 saturated heterocycles. The first kappa shape index (κ1) is 56.7. The van der Waals surface area contributed by atoms with Gasteiger partial charge in [0.2, 0.25) is 0 Å². The van der Waals surface area contributed by atoms with Crippen molar-refractivity contribution < 1.29 is 8.83 Å². The van der Waals surface area contributed by atoms with Crippen molar-refractivity contribution >= 4 is 151 Å². The van der Waals surface area contributed by atoms with E-state index in [1.807, 2.05) is 60.7 Å². The third-order valence-corrected chi connectivity index (χ3v) is 22.6. The highest BCUT2D eigenvalue weighted by molar-refractivity contribution is 7.26. The predicted molar refractivity (Wildman–Crippen MR) is 420 cm³/mol. The van der Waals surface area contributed by atoms with Crippen LogP contribution < -0.4 is 0 Å². The van der Waals surface area contributed by atoms with E-state index in [2.05, 4.69) is 252 Å². The number of rotatable bonds is 9. The molecule has 0 atom stereocenters. The van der Waals surface area contributed by atoms with Gasteiger partial charge in [-0.15, -0.1) is 22.7 Å². The molecule has 0 unspecified atom stereocenters. The lowest BCUT2D eigenvalue weighted by molar-refractivity contribution is 0.672. The van der Waals surface area contributed by atoms with Crippen LogP contribution in [-0.4, -0.2) is 39.0 Å². The maximum atomic E-state index is 6.90. The SMILES string of the molecule is c1ccc(-c2nc(-c3ccc(-c4cccc(-c5nc(-c6ccccc6)nc(-c6ccc7sc8ccc9c%10cc(-n%11c%12ccccc%12c%12ccccc%12%11)ccc%10oc9c8c7c6)n5)c4)cc3)nc(-c3ccc4sc5c(ccc6c7cc(-n8c9ccccc9c9ccccc98)ccc7oc65)c4c3)n2)cc1. The predicted octanol–water partition coefficient (Wildman–Crippen LogP) is 24.5. The van der Waals surface area contributed by atoms with Gasteiger partial charge in [-0.2, -0.15) is 0 Å². The molecule has 474 valence electrons. The minimum atomic E-state index is 0.569. The Kier molecular flexibility index (Phi) is 12.3. The van der Waals surface area contributed by atoms with Gasteiger partial charge in [-0.1, -0.05) is 182 Å². The van der Waals surface area contributed by atoms with E-state index in [9.17, 15) is 0 Å². The van der Waals surface area contributed by atoms with Crippen LogP contribution in [0.5, 0.6) is 0 Å². The van der Waals surface area contributed by atoms with Gasteiger partial charge in [0.15, 0.2) is 40.5 Å².